The van der Waals surface area contributed by atoms with E-state index in [1.54, 1.807) is 14.2 Å². The molecule has 0 saturated carbocycles. The summed E-state index contributed by atoms with van der Waals surface area (Å²) in [6, 6.07) is 0. The van der Waals surface area contributed by atoms with Crippen LogP contribution in [0.1, 0.15) is 73.6 Å². The fourth-order valence-corrected chi connectivity index (χ4v) is 13.2. The summed E-state index contributed by atoms with van der Waals surface area (Å²) in [5.41, 5.74) is -0.539. The second-order valence-electron chi connectivity index (χ2n) is 15.0. The Labute approximate surface area is 305 Å². The van der Waals surface area contributed by atoms with Crippen molar-refractivity contribution in [2.24, 2.45) is 0 Å². The molecule has 1 saturated heterocycles. The van der Waals surface area contributed by atoms with Crippen molar-refractivity contribution in [2.45, 2.75) is 146 Å². The number of halogens is 3. The third-order valence-electron chi connectivity index (χ3n) is 9.02. The SMILES string of the molecule is CO[C@@H]1C[C@H]([C@@H](/C=C(C)/C=C/[C@@H](CC#C[Si](C)(C)C)OC)O[Si](C(C)C)(C(C)C)C(C)C)O[C@@](Cc2nc(OS(=O)(=O)C(F)(F)F)co2)(OC)C1. The van der Waals surface area contributed by atoms with Crippen LogP contribution in [-0.4, -0.2) is 86.8 Å². The minimum absolute atomic E-state index is 0.148. The molecule has 0 radical (unpaired) electrons. The Morgan fingerprint density at radius 3 is 2.20 bits per heavy atom. The lowest BCUT2D eigenvalue weighted by atomic mass is 9.92. The normalized spacial score (nSPS) is 22.5. The van der Waals surface area contributed by atoms with Crippen LogP contribution < -0.4 is 4.18 Å². The number of methoxy groups -OCH3 is 3. The van der Waals surface area contributed by atoms with Crippen LogP contribution in [-0.2, 0) is 39.9 Å². The monoisotopic (exact) mass is 781 g/mol. The maximum absolute atomic E-state index is 12.9. The smallest absolute Gasteiger partial charge is 0.445 e. The van der Waals surface area contributed by atoms with Gasteiger partial charge in [-0.05, 0) is 23.5 Å². The molecule has 1 aliphatic rings. The number of hydrogen-bond acceptors (Lipinski definition) is 10. The number of rotatable bonds is 17. The van der Waals surface area contributed by atoms with Crippen molar-refractivity contribution in [1.29, 1.82) is 0 Å². The molecule has 0 unspecified atom stereocenters. The summed E-state index contributed by atoms with van der Waals surface area (Å²) in [5.74, 6) is 0.849. The zero-order chi connectivity index (χ0) is 39.0. The van der Waals surface area contributed by atoms with Crippen LogP contribution in [0.2, 0.25) is 36.3 Å². The van der Waals surface area contributed by atoms with E-state index < -0.39 is 55.9 Å². The average molecular weight is 782 g/mol. The van der Waals surface area contributed by atoms with E-state index in [2.05, 4.69) is 81.8 Å². The molecule has 0 aliphatic carbocycles. The lowest BCUT2D eigenvalue weighted by Crippen LogP contribution is -2.57. The van der Waals surface area contributed by atoms with Crippen molar-refractivity contribution in [2.75, 3.05) is 21.3 Å². The minimum atomic E-state index is -5.94. The van der Waals surface area contributed by atoms with Gasteiger partial charge >= 0.3 is 15.6 Å². The summed E-state index contributed by atoms with van der Waals surface area (Å²) >= 11 is 0. The molecule has 0 N–H and O–H groups in total. The molecule has 1 fully saturated rings. The molecule has 2 rings (SSSR count). The lowest BCUT2D eigenvalue weighted by molar-refractivity contribution is -0.297. The molecule has 292 valence electrons. The maximum atomic E-state index is 12.9. The number of aromatic nitrogens is 1. The molecule has 10 nitrogen and oxygen atoms in total. The van der Waals surface area contributed by atoms with E-state index >= 15 is 0 Å². The Morgan fingerprint density at radius 2 is 1.71 bits per heavy atom. The molecule has 1 aromatic rings. The van der Waals surface area contributed by atoms with E-state index in [1.807, 2.05) is 25.2 Å². The zero-order valence-corrected chi connectivity index (χ0v) is 35.2. The first-order valence-electron chi connectivity index (χ1n) is 17.2. The Hall–Kier alpha value is -1.98. The fraction of sp³-hybridized carbons (Fsp3) is 0.743. The molecule has 2 heterocycles. The van der Waals surface area contributed by atoms with Crippen LogP contribution >= 0.6 is 0 Å². The third kappa shape index (κ3) is 12.6. The summed E-state index contributed by atoms with van der Waals surface area (Å²) in [7, 11) is -5.27. The van der Waals surface area contributed by atoms with E-state index in [4.69, 9.17) is 27.8 Å². The molecule has 5 atom stereocenters. The zero-order valence-electron chi connectivity index (χ0n) is 32.3. The summed E-state index contributed by atoms with van der Waals surface area (Å²) in [5, 5.41) is 0. The van der Waals surface area contributed by atoms with Crippen molar-refractivity contribution in [3.8, 4) is 17.3 Å². The van der Waals surface area contributed by atoms with Gasteiger partial charge in [-0.3, -0.25) is 0 Å². The van der Waals surface area contributed by atoms with Gasteiger partial charge in [-0.1, -0.05) is 85.0 Å². The summed E-state index contributed by atoms with van der Waals surface area (Å²) in [4.78, 5) is 3.84. The highest BCUT2D eigenvalue weighted by atomic mass is 32.2. The first kappa shape index (κ1) is 45.2. The fourth-order valence-electron chi connectivity index (χ4n) is 6.64. The number of hydrogen-bond donors (Lipinski definition) is 0. The van der Waals surface area contributed by atoms with Gasteiger partial charge in [0.05, 0.1) is 30.8 Å². The predicted octanol–water partition coefficient (Wildman–Crippen LogP) is 8.33. The Bertz CT molecular complexity index is 1470. The highest BCUT2D eigenvalue weighted by Gasteiger charge is 2.52. The van der Waals surface area contributed by atoms with Crippen molar-refractivity contribution in [3.63, 3.8) is 0 Å². The molecule has 0 bridgehead atoms. The number of oxazole rings is 1. The molecule has 1 aromatic heterocycles. The molecule has 0 spiro atoms. The van der Waals surface area contributed by atoms with Gasteiger partial charge in [0.15, 0.2) is 12.1 Å². The second-order valence-corrected chi connectivity index (χ2v) is 26.7. The van der Waals surface area contributed by atoms with Crippen LogP contribution in [0.5, 0.6) is 5.88 Å². The summed E-state index contributed by atoms with van der Waals surface area (Å²) < 4.78 is 103. The number of alkyl halides is 3. The second kappa shape index (κ2) is 18.4. The molecule has 0 amide bonds. The third-order valence-corrected chi connectivity index (χ3v) is 17.0. The van der Waals surface area contributed by atoms with Crippen LogP contribution in [0.15, 0.2) is 34.5 Å². The van der Waals surface area contributed by atoms with E-state index in [1.165, 1.54) is 7.11 Å². The van der Waals surface area contributed by atoms with Crippen LogP contribution in [0.25, 0.3) is 0 Å². The topological polar surface area (TPSA) is 116 Å². The van der Waals surface area contributed by atoms with Gasteiger partial charge in [-0.15, -0.1) is 11.5 Å². The van der Waals surface area contributed by atoms with Gasteiger partial charge in [0, 0.05) is 40.6 Å². The van der Waals surface area contributed by atoms with Crippen LogP contribution in [0, 0.1) is 11.5 Å². The number of ether oxygens (including phenoxy) is 4. The Morgan fingerprint density at radius 1 is 1.10 bits per heavy atom. The molecule has 1 aliphatic heterocycles. The van der Waals surface area contributed by atoms with E-state index in [0.29, 0.717) is 19.1 Å². The number of nitrogens with zero attached hydrogens (tertiary/aromatic N) is 1. The van der Waals surface area contributed by atoms with Gasteiger partial charge in [0.1, 0.15) is 8.07 Å². The largest absolute Gasteiger partial charge is 0.534 e. The molecule has 0 aromatic carbocycles. The van der Waals surface area contributed by atoms with Crippen molar-refractivity contribution in [3.05, 3.63) is 36.0 Å². The van der Waals surface area contributed by atoms with Gasteiger partial charge in [-0.25, -0.2) is 0 Å². The highest BCUT2D eigenvalue weighted by Crippen LogP contribution is 2.45. The van der Waals surface area contributed by atoms with Gasteiger partial charge in [0.2, 0.25) is 14.2 Å². The quantitative estimate of drug-likeness (QED) is 0.0503. The summed E-state index contributed by atoms with van der Waals surface area (Å²) in [6.45, 7) is 21.8. The summed E-state index contributed by atoms with van der Waals surface area (Å²) in [6.07, 6.45) is 6.09. The van der Waals surface area contributed by atoms with E-state index in [0.717, 1.165) is 5.57 Å². The van der Waals surface area contributed by atoms with E-state index in [-0.39, 0.29) is 47.6 Å². The van der Waals surface area contributed by atoms with Gasteiger partial charge in [-0.2, -0.15) is 26.6 Å². The van der Waals surface area contributed by atoms with Gasteiger partial charge in [0.25, 0.3) is 5.88 Å². The van der Waals surface area contributed by atoms with Crippen molar-refractivity contribution < 1.29 is 53.6 Å². The van der Waals surface area contributed by atoms with Crippen LogP contribution in [0.3, 0.4) is 0 Å². The molecular weight excluding hydrogens is 724 g/mol. The standard InChI is InChI=1S/C35H58F3NO9SSi2/c1-24(2)51(25(3)4,26(5)6)48-31(19-27(7)16-17-28(42-8)15-14-18-50(11,12)13)30-20-29(43-9)21-34(44-10,46-30)22-32-39-33(23-45-32)47-49(40,41)35(36,37)38/h16-17,19,23-26,28-31H,15,20-22H2,1-13H3/b17-16+,27-19+/t28-,29-,30-,31-,34+/m1/s1. The van der Waals surface area contributed by atoms with Gasteiger partial charge < -0.3 is 32.0 Å². The molecule has 51 heavy (non-hydrogen) atoms. The Kier molecular flexibility index (Phi) is 16.3. The minimum Gasteiger partial charge on any atom is -0.445 e. The molecule has 16 heteroatoms. The average Bonchev–Trinajstić information content (AvgIpc) is 3.44. The maximum Gasteiger partial charge on any atom is 0.534 e. The van der Waals surface area contributed by atoms with Crippen molar-refractivity contribution >= 4 is 26.5 Å². The lowest BCUT2D eigenvalue weighted by Gasteiger charge is -2.49. The predicted molar refractivity (Wildman–Crippen MR) is 196 cm³/mol. The Balaban J connectivity index is 2.57. The first-order chi connectivity index (χ1) is 23.4. The first-order valence-corrected chi connectivity index (χ1v) is 24.3. The number of allylic oxidation sites excluding steroid dienone is 2. The highest BCUT2D eigenvalue weighted by molar-refractivity contribution is 7.87. The van der Waals surface area contributed by atoms with Crippen molar-refractivity contribution in [1.82, 2.24) is 4.98 Å². The molecular formula is C35H58F3NO9SSi2. The van der Waals surface area contributed by atoms with E-state index in [9.17, 15) is 21.6 Å². The van der Waals surface area contributed by atoms with Crippen LogP contribution in [0.4, 0.5) is 13.2 Å².